The van der Waals surface area contributed by atoms with Crippen molar-refractivity contribution in [1.82, 2.24) is 5.43 Å². The van der Waals surface area contributed by atoms with Gasteiger partial charge in [-0.15, -0.1) is 0 Å². The molecule has 0 aromatic heterocycles. The maximum atomic E-state index is 14.0. The van der Waals surface area contributed by atoms with Crippen LogP contribution in [0.5, 0.6) is 0 Å². The number of aryl methyl sites for hydroxylation is 3. The first kappa shape index (κ1) is 14.7. The van der Waals surface area contributed by atoms with Crippen LogP contribution in [0, 0.1) is 26.6 Å². The molecule has 0 fully saturated rings. The second kappa shape index (κ2) is 6.16. The summed E-state index contributed by atoms with van der Waals surface area (Å²) < 4.78 is 14.0. The van der Waals surface area contributed by atoms with Gasteiger partial charge in [-0.05, 0) is 38.8 Å². The van der Waals surface area contributed by atoms with Gasteiger partial charge < -0.3 is 0 Å². The second-order valence-corrected chi connectivity index (χ2v) is 5.44. The van der Waals surface area contributed by atoms with Gasteiger partial charge in [-0.2, -0.15) is 0 Å². The van der Waals surface area contributed by atoms with E-state index in [1.807, 2.05) is 13.0 Å². The molecule has 20 heavy (non-hydrogen) atoms. The van der Waals surface area contributed by atoms with Crippen LogP contribution >= 0.6 is 0 Å². The molecule has 2 aromatic carbocycles. The van der Waals surface area contributed by atoms with Crippen molar-refractivity contribution < 1.29 is 4.39 Å². The summed E-state index contributed by atoms with van der Waals surface area (Å²) in [6.07, 6.45) is 0.666. The summed E-state index contributed by atoms with van der Waals surface area (Å²) in [5.41, 5.74) is 7.96. The highest BCUT2D eigenvalue weighted by molar-refractivity contribution is 5.32. The van der Waals surface area contributed by atoms with Crippen LogP contribution in [-0.4, -0.2) is 0 Å². The third-order valence-corrected chi connectivity index (χ3v) is 3.45. The molecule has 0 saturated heterocycles. The molecule has 3 heteroatoms. The minimum absolute atomic E-state index is 0.220. The molecule has 0 aliphatic rings. The lowest BCUT2D eigenvalue weighted by Crippen LogP contribution is -2.30. The van der Waals surface area contributed by atoms with Gasteiger partial charge in [0.15, 0.2) is 0 Å². The van der Waals surface area contributed by atoms with Crippen LogP contribution in [0.3, 0.4) is 0 Å². The van der Waals surface area contributed by atoms with Crippen molar-refractivity contribution >= 4 is 0 Å². The molecule has 1 unspecified atom stereocenters. The fraction of sp³-hybridized carbons (Fsp3) is 0.294. The minimum Gasteiger partial charge on any atom is -0.271 e. The molecule has 0 amide bonds. The Hall–Kier alpha value is -1.71. The van der Waals surface area contributed by atoms with Gasteiger partial charge >= 0.3 is 0 Å². The van der Waals surface area contributed by atoms with Crippen molar-refractivity contribution in [2.75, 3.05) is 0 Å². The summed E-state index contributed by atoms with van der Waals surface area (Å²) in [5.74, 6) is 5.41. The van der Waals surface area contributed by atoms with Gasteiger partial charge in [-0.25, -0.2) is 4.39 Å². The van der Waals surface area contributed by atoms with Crippen molar-refractivity contribution in [3.63, 3.8) is 0 Å². The lowest BCUT2D eigenvalue weighted by atomic mass is 9.95. The van der Waals surface area contributed by atoms with E-state index in [0.717, 1.165) is 11.1 Å². The largest absolute Gasteiger partial charge is 0.271 e. The third kappa shape index (κ3) is 3.44. The van der Waals surface area contributed by atoms with E-state index in [9.17, 15) is 4.39 Å². The maximum Gasteiger partial charge on any atom is 0.128 e. The van der Waals surface area contributed by atoms with E-state index >= 15 is 0 Å². The van der Waals surface area contributed by atoms with E-state index < -0.39 is 0 Å². The zero-order valence-corrected chi connectivity index (χ0v) is 12.2. The number of rotatable bonds is 4. The standard InChI is InChI=1S/C17H21FN2/c1-11-4-5-16(18)15(9-11)17(20-19)10-14-7-12(2)6-13(3)8-14/h4-9,17,20H,10,19H2,1-3H3. The van der Waals surface area contributed by atoms with E-state index in [1.54, 1.807) is 6.07 Å². The highest BCUT2D eigenvalue weighted by atomic mass is 19.1. The number of nitrogens with two attached hydrogens (primary N) is 1. The topological polar surface area (TPSA) is 38.0 Å². The van der Waals surface area contributed by atoms with E-state index in [2.05, 4.69) is 37.5 Å². The molecule has 3 N–H and O–H groups in total. The van der Waals surface area contributed by atoms with Crippen LogP contribution in [0.4, 0.5) is 4.39 Å². The fourth-order valence-electron chi connectivity index (χ4n) is 2.61. The van der Waals surface area contributed by atoms with Crippen molar-refractivity contribution in [3.05, 3.63) is 70.0 Å². The number of benzene rings is 2. The molecular formula is C17H21FN2. The number of nitrogens with one attached hydrogen (secondary N) is 1. The quantitative estimate of drug-likeness (QED) is 0.660. The molecular weight excluding hydrogens is 251 g/mol. The first-order valence-electron chi connectivity index (χ1n) is 6.79. The molecule has 1 atom stereocenters. The van der Waals surface area contributed by atoms with Crippen LogP contribution in [0.25, 0.3) is 0 Å². The summed E-state index contributed by atoms with van der Waals surface area (Å²) in [7, 11) is 0. The molecule has 0 aliphatic carbocycles. The van der Waals surface area contributed by atoms with Crippen molar-refractivity contribution in [1.29, 1.82) is 0 Å². The number of hydrazine groups is 1. The molecule has 0 heterocycles. The summed E-state index contributed by atoms with van der Waals surface area (Å²) in [5, 5.41) is 0. The van der Waals surface area contributed by atoms with Gasteiger partial charge in [-0.1, -0.05) is 47.0 Å². The van der Waals surface area contributed by atoms with Crippen LogP contribution in [0.1, 0.15) is 33.9 Å². The fourth-order valence-corrected chi connectivity index (χ4v) is 2.61. The van der Waals surface area contributed by atoms with Crippen molar-refractivity contribution in [2.24, 2.45) is 5.84 Å². The SMILES string of the molecule is Cc1cc(C)cc(CC(NN)c2cc(C)ccc2F)c1. The highest BCUT2D eigenvalue weighted by Gasteiger charge is 2.15. The Labute approximate surface area is 119 Å². The summed E-state index contributed by atoms with van der Waals surface area (Å²) >= 11 is 0. The van der Waals surface area contributed by atoms with Gasteiger partial charge in [0.25, 0.3) is 0 Å². The molecule has 106 valence electrons. The minimum atomic E-state index is -0.226. The molecule has 0 aliphatic heterocycles. The van der Waals surface area contributed by atoms with Crippen LogP contribution in [-0.2, 0) is 6.42 Å². The molecule has 0 radical (unpaired) electrons. The molecule has 0 saturated carbocycles. The zero-order chi connectivity index (χ0) is 14.7. The van der Waals surface area contributed by atoms with Crippen LogP contribution in [0.2, 0.25) is 0 Å². The Bertz CT molecular complexity index is 588. The van der Waals surface area contributed by atoms with Gasteiger partial charge in [0.1, 0.15) is 5.82 Å². The lowest BCUT2D eigenvalue weighted by molar-refractivity contribution is 0.510. The normalized spacial score (nSPS) is 12.4. The third-order valence-electron chi connectivity index (χ3n) is 3.45. The van der Waals surface area contributed by atoms with Gasteiger partial charge in [0, 0.05) is 5.56 Å². The number of halogens is 1. The van der Waals surface area contributed by atoms with Gasteiger partial charge in [-0.3, -0.25) is 11.3 Å². The first-order valence-corrected chi connectivity index (χ1v) is 6.79. The monoisotopic (exact) mass is 272 g/mol. The van der Waals surface area contributed by atoms with Crippen LogP contribution < -0.4 is 11.3 Å². The predicted molar refractivity (Wildman–Crippen MR) is 80.8 cm³/mol. The Morgan fingerprint density at radius 1 is 1.00 bits per heavy atom. The molecule has 2 nitrogen and oxygen atoms in total. The van der Waals surface area contributed by atoms with E-state index in [4.69, 9.17) is 5.84 Å². The number of hydrogen-bond acceptors (Lipinski definition) is 2. The number of hydrogen-bond donors (Lipinski definition) is 2. The molecule has 0 spiro atoms. The second-order valence-electron chi connectivity index (χ2n) is 5.44. The summed E-state index contributed by atoms with van der Waals surface area (Å²) in [6, 6.07) is 11.2. The lowest BCUT2D eigenvalue weighted by Gasteiger charge is -2.18. The maximum absolute atomic E-state index is 14.0. The highest BCUT2D eigenvalue weighted by Crippen LogP contribution is 2.23. The summed E-state index contributed by atoms with van der Waals surface area (Å²) in [6.45, 7) is 6.08. The van der Waals surface area contributed by atoms with Gasteiger partial charge in [0.2, 0.25) is 0 Å². The first-order chi connectivity index (χ1) is 9.49. The Morgan fingerprint density at radius 2 is 1.65 bits per heavy atom. The van der Waals surface area contributed by atoms with Crippen molar-refractivity contribution in [3.8, 4) is 0 Å². The van der Waals surface area contributed by atoms with Crippen LogP contribution in [0.15, 0.2) is 36.4 Å². The predicted octanol–water partition coefficient (Wildman–Crippen LogP) is 3.50. The van der Waals surface area contributed by atoms with Gasteiger partial charge in [0.05, 0.1) is 6.04 Å². The smallest absolute Gasteiger partial charge is 0.128 e. The Kier molecular flexibility index (Phi) is 4.53. The molecule has 0 bridgehead atoms. The van der Waals surface area contributed by atoms with E-state index in [-0.39, 0.29) is 11.9 Å². The Balaban J connectivity index is 2.31. The molecule has 2 rings (SSSR count). The average molecular weight is 272 g/mol. The zero-order valence-electron chi connectivity index (χ0n) is 12.2. The summed E-state index contributed by atoms with van der Waals surface area (Å²) in [4.78, 5) is 0. The van der Waals surface area contributed by atoms with E-state index in [1.165, 1.54) is 17.2 Å². The molecule has 2 aromatic rings. The van der Waals surface area contributed by atoms with Crippen molar-refractivity contribution in [2.45, 2.75) is 33.2 Å². The average Bonchev–Trinajstić information content (AvgIpc) is 2.38. The van der Waals surface area contributed by atoms with E-state index in [0.29, 0.717) is 12.0 Å². The Morgan fingerprint density at radius 3 is 2.25 bits per heavy atom.